The van der Waals surface area contributed by atoms with Crippen LogP contribution in [-0.2, 0) is 4.79 Å². The summed E-state index contributed by atoms with van der Waals surface area (Å²) in [5.74, 6) is -7.75. The van der Waals surface area contributed by atoms with Crippen LogP contribution in [0.25, 0.3) is 0 Å². The van der Waals surface area contributed by atoms with Crippen LogP contribution in [0.15, 0.2) is 11.9 Å². The molecule has 0 bridgehead atoms. The lowest BCUT2D eigenvalue weighted by molar-refractivity contribution is -0.266. The van der Waals surface area contributed by atoms with E-state index in [0.717, 1.165) is 0 Å². The van der Waals surface area contributed by atoms with E-state index < -0.39 is 17.9 Å². The van der Waals surface area contributed by atoms with Crippen molar-refractivity contribution in [2.75, 3.05) is 13.1 Å². The molecule has 0 amide bonds. The van der Waals surface area contributed by atoms with Crippen LogP contribution < -0.4 is 10.6 Å². The first-order valence-corrected chi connectivity index (χ1v) is 3.93. The van der Waals surface area contributed by atoms with E-state index in [1.54, 1.807) is 0 Å². The molecule has 0 aromatic heterocycles. The maximum absolute atomic E-state index is 12.4. The first-order chi connectivity index (χ1) is 6.75. The zero-order valence-corrected chi connectivity index (χ0v) is 7.29. The van der Waals surface area contributed by atoms with E-state index in [9.17, 15) is 26.7 Å². The predicted octanol–water partition coefficient (Wildman–Crippen LogP) is 0.787. The van der Waals surface area contributed by atoms with Gasteiger partial charge >= 0.3 is 12.1 Å². The van der Waals surface area contributed by atoms with Crippen LogP contribution in [0.2, 0.25) is 0 Å². The van der Waals surface area contributed by atoms with Gasteiger partial charge in [-0.25, -0.2) is 0 Å². The number of nitrogens with one attached hydrogen (secondary N) is 2. The van der Waals surface area contributed by atoms with E-state index in [-0.39, 0.29) is 11.9 Å². The van der Waals surface area contributed by atoms with Crippen molar-refractivity contribution >= 4 is 5.78 Å². The van der Waals surface area contributed by atoms with Crippen LogP contribution in [0.5, 0.6) is 0 Å². The molecule has 0 aromatic carbocycles. The molecule has 1 aliphatic heterocycles. The molecule has 8 heteroatoms. The minimum Gasteiger partial charge on any atom is -0.370 e. The summed E-state index contributed by atoms with van der Waals surface area (Å²) < 4.78 is 60.0. The molecular formula is C7H7F5N2O. The van der Waals surface area contributed by atoms with Crippen molar-refractivity contribution in [2.45, 2.75) is 12.1 Å². The highest BCUT2D eigenvalue weighted by Gasteiger charge is 2.62. The van der Waals surface area contributed by atoms with Crippen LogP contribution >= 0.6 is 0 Å². The zero-order chi connectivity index (χ0) is 11.7. The van der Waals surface area contributed by atoms with Gasteiger partial charge in [0.2, 0.25) is 5.78 Å². The highest BCUT2D eigenvalue weighted by atomic mass is 19.4. The highest BCUT2D eigenvalue weighted by molar-refractivity contribution is 5.96. The quantitative estimate of drug-likeness (QED) is 0.544. The van der Waals surface area contributed by atoms with Crippen molar-refractivity contribution < 1.29 is 26.7 Å². The van der Waals surface area contributed by atoms with Gasteiger partial charge in [0.05, 0.1) is 0 Å². The average molecular weight is 230 g/mol. The smallest absolute Gasteiger partial charge is 0.370 e. The van der Waals surface area contributed by atoms with E-state index in [2.05, 4.69) is 10.6 Å². The molecule has 1 fully saturated rings. The van der Waals surface area contributed by atoms with Gasteiger partial charge in [-0.15, -0.1) is 0 Å². The van der Waals surface area contributed by atoms with Crippen molar-refractivity contribution in [2.24, 2.45) is 0 Å². The molecule has 0 aromatic rings. The number of hydrogen-bond donors (Lipinski definition) is 2. The summed E-state index contributed by atoms with van der Waals surface area (Å²) in [6.45, 7) is 0.743. The third kappa shape index (κ3) is 2.37. The van der Waals surface area contributed by atoms with Crippen LogP contribution in [0, 0.1) is 0 Å². The molecule has 86 valence electrons. The SMILES string of the molecule is O=C(C=C1NCCN1)C(F)(F)C(F)(F)F. The molecule has 0 atom stereocenters. The summed E-state index contributed by atoms with van der Waals surface area (Å²) in [4.78, 5) is 10.6. The molecule has 0 unspecified atom stereocenters. The number of hydrogen-bond acceptors (Lipinski definition) is 3. The second-order valence-corrected chi connectivity index (χ2v) is 2.85. The lowest BCUT2D eigenvalue weighted by atomic mass is 10.2. The molecule has 2 N–H and O–H groups in total. The molecule has 3 nitrogen and oxygen atoms in total. The average Bonchev–Trinajstić information content (AvgIpc) is 2.54. The molecule has 0 spiro atoms. The Morgan fingerprint density at radius 3 is 2.00 bits per heavy atom. The maximum Gasteiger partial charge on any atom is 0.461 e. The third-order valence-electron chi connectivity index (χ3n) is 1.70. The first-order valence-electron chi connectivity index (χ1n) is 3.93. The van der Waals surface area contributed by atoms with Crippen molar-refractivity contribution in [3.63, 3.8) is 0 Å². The van der Waals surface area contributed by atoms with E-state index in [1.165, 1.54) is 0 Å². The Labute approximate surface area is 81.3 Å². The van der Waals surface area contributed by atoms with Gasteiger partial charge in [0, 0.05) is 19.2 Å². The van der Waals surface area contributed by atoms with Crippen LogP contribution in [0.3, 0.4) is 0 Å². The second kappa shape index (κ2) is 3.67. The molecule has 1 aliphatic rings. The Morgan fingerprint density at radius 1 is 1.13 bits per heavy atom. The summed E-state index contributed by atoms with van der Waals surface area (Å²) in [5, 5.41) is 4.88. The standard InChI is InChI=1S/C7H7F5N2O/c8-6(9,7(10,11)12)4(15)3-5-13-1-2-14-5/h3,13-14H,1-2H2. The van der Waals surface area contributed by atoms with E-state index >= 15 is 0 Å². The van der Waals surface area contributed by atoms with E-state index in [0.29, 0.717) is 13.1 Å². The minimum absolute atomic E-state index is 0.121. The first kappa shape index (κ1) is 11.7. The third-order valence-corrected chi connectivity index (χ3v) is 1.70. The monoisotopic (exact) mass is 230 g/mol. The van der Waals surface area contributed by atoms with Gasteiger partial charge in [0.25, 0.3) is 0 Å². The predicted molar refractivity (Wildman–Crippen MR) is 40.1 cm³/mol. The van der Waals surface area contributed by atoms with Crippen LogP contribution in [-0.4, -0.2) is 31.0 Å². The van der Waals surface area contributed by atoms with Crippen LogP contribution in [0.1, 0.15) is 0 Å². The molecule has 0 saturated carbocycles. The number of allylic oxidation sites excluding steroid dienone is 1. The fourth-order valence-electron chi connectivity index (χ4n) is 0.920. The fraction of sp³-hybridized carbons (Fsp3) is 0.571. The number of alkyl halides is 5. The summed E-state index contributed by atoms with van der Waals surface area (Å²) >= 11 is 0. The molecule has 15 heavy (non-hydrogen) atoms. The topological polar surface area (TPSA) is 41.1 Å². The van der Waals surface area contributed by atoms with Gasteiger partial charge in [-0.05, 0) is 0 Å². The lowest BCUT2D eigenvalue weighted by Crippen LogP contribution is -2.43. The van der Waals surface area contributed by atoms with Crippen molar-refractivity contribution in [1.82, 2.24) is 10.6 Å². The maximum atomic E-state index is 12.4. The molecule has 1 rings (SSSR count). The summed E-state index contributed by atoms with van der Waals surface area (Å²) in [6, 6.07) is 0. The number of ketones is 1. The number of carbonyl (C=O) groups is 1. The Hall–Kier alpha value is -1.34. The van der Waals surface area contributed by atoms with Crippen molar-refractivity contribution in [3.8, 4) is 0 Å². The minimum atomic E-state index is -5.86. The van der Waals surface area contributed by atoms with E-state index in [4.69, 9.17) is 0 Å². The normalized spacial score (nSPS) is 17.0. The van der Waals surface area contributed by atoms with Gasteiger partial charge in [-0.2, -0.15) is 22.0 Å². The van der Waals surface area contributed by atoms with Crippen molar-refractivity contribution in [3.05, 3.63) is 11.9 Å². The van der Waals surface area contributed by atoms with Gasteiger partial charge in [-0.1, -0.05) is 0 Å². The molecular weight excluding hydrogens is 223 g/mol. The lowest BCUT2D eigenvalue weighted by Gasteiger charge is -2.16. The summed E-state index contributed by atoms with van der Waals surface area (Å²) in [5.41, 5.74) is 0. The Bertz CT molecular complexity index is 288. The molecule has 0 radical (unpaired) electrons. The van der Waals surface area contributed by atoms with Gasteiger partial charge in [0.15, 0.2) is 0 Å². The van der Waals surface area contributed by atoms with Gasteiger partial charge in [0.1, 0.15) is 5.82 Å². The summed E-state index contributed by atoms with van der Waals surface area (Å²) in [6.07, 6.45) is -5.64. The molecule has 1 heterocycles. The Kier molecular flexibility index (Phi) is 2.87. The van der Waals surface area contributed by atoms with E-state index in [1.807, 2.05) is 0 Å². The Balaban J connectivity index is 2.80. The van der Waals surface area contributed by atoms with Gasteiger partial charge in [-0.3, -0.25) is 4.79 Å². The molecule has 0 aliphatic carbocycles. The van der Waals surface area contributed by atoms with Crippen molar-refractivity contribution in [1.29, 1.82) is 0 Å². The number of halogens is 5. The zero-order valence-electron chi connectivity index (χ0n) is 7.29. The number of carbonyl (C=O) groups excluding carboxylic acids is 1. The fourth-order valence-corrected chi connectivity index (χ4v) is 0.920. The van der Waals surface area contributed by atoms with Gasteiger partial charge < -0.3 is 10.6 Å². The second-order valence-electron chi connectivity index (χ2n) is 2.85. The summed E-state index contributed by atoms with van der Waals surface area (Å²) in [7, 11) is 0. The number of rotatable bonds is 2. The highest BCUT2D eigenvalue weighted by Crippen LogP contribution is 2.36. The van der Waals surface area contributed by atoms with Crippen LogP contribution in [0.4, 0.5) is 22.0 Å². The largest absolute Gasteiger partial charge is 0.461 e. The molecule has 1 saturated heterocycles. The Morgan fingerprint density at radius 2 is 1.60 bits per heavy atom.